The van der Waals surface area contributed by atoms with Gasteiger partial charge in [0.25, 0.3) is 0 Å². The van der Waals surface area contributed by atoms with Crippen LogP contribution in [0.4, 0.5) is 14.9 Å². The van der Waals surface area contributed by atoms with E-state index in [1.807, 2.05) is 13.0 Å². The molecule has 1 atom stereocenters. The number of amides is 2. The number of alkyl halides is 1. The molecule has 0 radical (unpaired) electrons. The number of aromatic hydroxyl groups is 1. The van der Waals surface area contributed by atoms with Crippen molar-refractivity contribution in [3.63, 3.8) is 0 Å². The molecule has 1 aliphatic carbocycles. The first-order chi connectivity index (χ1) is 12.0. The Morgan fingerprint density at radius 1 is 1.42 bits per heavy atom. The molecule has 0 saturated heterocycles. The number of nitrogens with one attached hydrogen (secondary N) is 2. The van der Waals surface area contributed by atoms with Crippen molar-refractivity contribution in [3.8, 4) is 5.75 Å². The Balaban J connectivity index is 2.32. The van der Waals surface area contributed by atoms with Crippen molar-refractivity contribution >= 4 is 33.2 Å². The van der Waals surface area contributed by atoms with Crippen LogP contribution in [0, 0.1) is 0 Å². The molecule has 0 saturated carbocycles. The van der Waals surface area contributed by atoms with Crippen molar-refractivity contribution in [2.24, 2.45) is 0 Å². The Bertz CT molecular complexity index is 853. The number of hydrogen-bond acceptors (Lipinski definition) is 4. The SMILES string of the molecule is CC1=CCCC1NC(=O)Nc1ccc(Cl)c(S(=O)(=O)C(C)(C)CF)c1O. The second-order valence-electron chi connectivity index (χ2n) is 6.85. The molecular formula is C17H22ClFN2O4S. The molecule has 6 nitrogen and oxygen atoms in total. The van der Waals surface area contributed by atoms with Crippen LogP contribution < -0.4 is 10.6 Å². The Labute approximate surface area is 157 Å². The molecule has 3 N–H and O–H groups in total. The molecule has 2 amide bonds. The molecule has 2 rings (SSSR count). The Hall–Kier alpha value is -1.80. The van der Waals surface area contributed by atoms with Gasteiger partial charge in [-0.05, 0) is 45.7 Å². The number of sulfone groups is 1. The van der Waals surface area contributed by atoms with E-state index in [-0.39, 0.29) is 16.8 Å². The normalized spacial score (nSPS) is 17.7. The minimum atomic E-state index is -4.28. The van der Waals surface area contributed by atoms with Crippen molar-refractivity contribution < 1.29 is 22.7 Å². The predicted molar refractivity (Wildman–Crippen MR) is 99.3 cm³/mol. The summed E-state index contributed by atoms with van der Waals surface area (Å²) < 4.78 is 36.8. The Morgan fingerprint density at radius 3 is 2.62 bits per heavy atom. The third kappa shape index (κ3) is 3.81. The van der Waals surface area contributed by atoms with Crippen LogP contribution in [0.1, 0.15) is 33.6 Å². The van der Waals surface area contributed by atoms with Gasteiger partial charge in [-0.15, -0.1) is 0 Å². The first-order valence-corrected chi connectivity index (χ1v) is 9.93. The minimum Gasteiger partial charge on any atom is -0.504 e. The molecule has 1 aliphatic rings. The fourth-order valence-electron chi connectivity index (χ4n) is 2.60. The molecule has 0 aromatic heterocycles. The number of phenolic OH excluding ortho intramolecular Hbond substituents is 1. The van der Waals surface area contributed by atoms with Gasteiger partial charge in [0.05, 0.1) is 21.5 Å². The molecule has 1 aromatic rings. The summed E-state index contributed by atoms with van der Waals surface area (Å²) in [5, 5.41) is 15.3. The quantitative estimate of drug-likeness (QED) is 0.513. The lowest BCUT2D eigenvalue weighted by molar-refractivity contribution is 0.249. The van der Waals surface area contributed by atoms with Gasteiger partial charge in [0, 0.05) is 0 Å². The van der Waals surface area contributed by atoms with Crippen LogP contribution in [0.15, 0.2) is 28.7 Å². The number of rotatable bonds is 5. The largest absolute Gasteiger partial charge is 0.504 e. The van der Waals surface area contributed by atoms with Gasteiger partial charge in [0.15, 0.2) is 15.6 Å². The van der Waals surface area contributed by atoms with E-state index < -0.39 is 37.9 Å². The number of benzene rings is 1. The molecule has 144 valence electrons. The van der Waals surface area contributed by atoms with Gasteiger partial charge in [-0.2, -0.15) is 0 Å². The number of carbonyl (C=O) groups is 1. The number of halogens is 2. The number of hydrogen-bond donors (Lipinski definition) is 3. The summed E-state index contributed by atoms with van der Waals surface area (Å²) in [7, 11) is -4.28. The number of urea groups is 1. The predicted octanol–water partition coefficient (Wildman–Crippen LogP) is 3.80. The monoisotopic (exact) mass is 404 g/mol. The summed E-state index contributed by atoms with van der Waals surface area (Å²) in [6, 6.07) is 1.82. The summed E-state index contributed by atoms with van der Waals surface area (Å²) in [5.41, 5.74) is 0.910. The zero-order chi connectivity index (χ0) is 19.7. The van der Waals surface area contributed by atoms with Crippen LogP contribution in [0.5, 0.6) is 5.75 Å². The highest BCUT2D eigenvalue weighted by Gasteiger charge is 2.40. The van der Waals surface area contributed by atoms with Crippen molar-refractivity contribution in [1.29, 1.82) is 0 Å². The number of allylic oxidation sites excluding steroid dienone is 1. The fraction of sp³-hybridized carbons (Fsp3) is 0.471. The van der Waals surface area contributed by atoms with Crippen molar-refractivity contribution in [1.82, 2.24) is 5.32 Å². The van der Waals surface area contributed by atoms with Gasteiger partial charge in [-0.3, -0.25) is 0 Å². The molecule has 1 unspecified atom stereocenters. The van der Waals surface area contributed by atoms with E-state index in [0.717, 1.165) is 18.4 Å². The van der Waals surface area contributed by atoms with E-state index in [4.69, 9.17) is 11.6 Å². The van der Waals surface area contributed by atoms with Crippen molar-refractivity contribution in [2.75, 3.05) is 12.0 Å². The van der Waals surface area contributed by atoms with Gasteiger partial charge in [0.1, 0.15) is 11.6 Å². The third-order valence-electron chi connectivity index (χ3n) is 4.43. The highest BCUT2D eigenvalue weighted by atomic mass is 35.5. The van der Waals surface area contributed by atoms with Gasteiger partial charge in [-0.1, -0.05) is 23.3 Å². The van der Waals surface area contributed by atoms with Crippen LogP contribution in [-0.4, -0.2) is 37.0 Å². The summed E-state index contributed by atoms with van der Waals surface area (Å²) in [5.74, 6) is -0.715. The Kier molecular flexibility index (Phi) is 5.87. The lowest BCUT2D eigenvalue weighted by atomic mass is 10.2. The number of phenols is 1. The molecule has 0 aliphatic heterocycles. The lowest BCUT2D eigenvalue weighted by Crippen LogP contribution is -2.37. The van der Waals surface area contributed by atoms with Gasteiger partial charge in [0.2, 0.25) is 0 Å². The van der Waals surface area contributed by atoms with Crippen LogP contribution in [0.3, 0.4) is 0 Å². The standard InChI is InChI=1S/C17H22ClFN2O4S/c1-10-5-4-6-12(10)20-16(23)21-13-8-7-11(18)15(14(13)22)26(24,25)17(2,3)9-19/h5,7-8,12,22H,4,6,9H2,1-3H3,(H2,20,21,23). The van der Waals surface area contributed by atoms with Crippen LogP contribution in [-0.2, 0) is 9.84 Å². The number of anilines is 1. The zero-order valence-electron chi connectivity index (χ0n) is 14.8. The van der Waals surface area contributed by atoms with Gasteiger partial charge < -0.3 is 15.7 Å². The minimum absolute atomic E-state index is 0.113. The van der Waals surface area contributed by atoms with E-state index in [1.165, 1.54) is 26.0 Å². The smallest absolute Gasteiger partial charge is 0.319 e. The summed E-state index contributed by atoms with van der Waals surface area (Å²) in [4.78, 5) is 11.6. The van der Waals surface area contributed by atoms with Crippen LogP contribution in [0.25, 0.3) is 0 Å². The topological polar surface area (TPSA) is 95.5 Å². The van der Waals surface area contributed by atoms with Crippen LogP contribution >= 0.6 is 11.6 Å². The molecule has 9 heteroatoms. The lowest BCUT2D eigenvalue weighted by Gasteiger charge is -2.23. The first kappa shape index (κ1) is 20.5. The highest BCUT2D eigenvalue weighted by molar-refractivity contribution is 7.93. The second-order valence-corrected chi connectivity index (χ2v) is 9.77. The molecule has 1 aromatic carbocycles. The third-order valence-corrected chi connectivity index (χ3v) is 7.37. The maximum atomic E-state index is 13.2. The summed E-state index contributed by atoms with van der Waals surface area (Å²) >= 11 is 5.94. The van der Waals surface area contributed by atoms with E-state index in [1.54, 1.807) is 0 Å². The van der Waals surface area contributed by atoms with E-state index in [0.29, 0.717) is 0 Å². The maximum Gasteiger partial charge on any atom is 0.319 e. The Morgan fingerprint density at radius 2 is 2.08 bits per heavy atom. The van der Waals surface area contributed by atoms with E-state index in [2.05, 4.69) is 10.6 Å². The second kappa shape index (κ2) is 7.44. The molecular weight excluding hydrogens is 383 g/mol. The summed E-state index contributed by atoms with van der Waals surface area (Å²) in [6.45, 7) is 3.14. The van der Waals surface area contributed by atoms with E-state index >= 15 is 0 Å². The zero-order valence-corrected chi connectivity index (χ0v) is 16.3. The maximum absolute atomic E-state index is 13.2. The van der Waals surface area contributed by atoms with E-state index in [9.17, 15) is 22.7 Å². The van der Waals surface area contributed by atoms with Gasteiger partial charge >= 0.3 is 6.03 Å². The molecule has 0 fully saturated rings. The van der Waals surface area contributed by atoms with Crippen LogP contribution in [0.2, 0.25) is 5.02 Å². The average molecular weight is 405 g/mol. The number of carbonyl (C=O) groups excluding carboxylic acids is 1. The van der Waals surface area contributed by atoms with Crippen molar-refractivity contribution in [3.05, 3.63) is 28.8 Å². The van der Waals surface area contributed by atoms with Gasteiger partial charge in [-0.25, -0.2) is 17.6 Å². The first-order valence-electron chi connectivity index (χ1n) is 8.07. The molecule has 0 spiro atoms. The molecule has 26 heavy (non-hydrogen) atoms. The molecule has 0 heterocycles. The summed E-state index contributed by atoms with van der Waals surface area (Å²) in [6.07, 6.45) is 3.66. The fourth-order valence-corrected chi connectivity index (χ4v) is 4.44. The average Bonchev–Trinajstić information content (AvgIpc) is 2.94. The highest BCUT2D eigenvalue weighted by Crippen LogP contribution is 2.41. The molecule has 0 bridgehead atoms. The van der Waals surface area contributed by atoms with Crippen molar-refractivity contribution in [2.45, 2.75) is 49.3 Å².